The van der Waals surface area contributed by atoms with Gasteiger partial charge in [-0.2, -0.15) is 0 Å². The number of hydrogen-bond donors (Lipinski definition) is 2. The molecule has 4 rings (SSSR count). The van der Waals surface area contributed by atoms with Crippen molar-refractivity contribution < 1.29 is 4.79 Å². The van der Waals surface area contributed by atoms with Gasteiger partial charge in [0, 0.05) is 12.1 Å². The van der Waals surface area contributed by atoms with E-state index in [-0.39, 0.29) is 17.2 Å². The van der Waals surface area contributed by atoms with Gasteiger partial charge in [-0.15, -0.1) is 10.2 Å². The van der Waals surface area contributed by atoms with Gasteiger partial charge >= 0.3 is 0 Å². The Morgan fingerprint density at radius 1 is 1.12 bits per heavy atom. The van der Waals surface area contributed by atoms with Gasteiger partial charge in [-0.3, -0.25) is 4.79 Å². The average molecular weight is 365 g/mol. The Morgan fingerprint density at radius 3 is 2.50 bits per heavy atom. The number of anilines is 1. The molecule has 1 aromatic heterocycles. The monoisotopic (exact) mass is 365 g/mol. The standard InChI is InChI=1S/C19H19N5OS/c1-2-15-21-22-19-24(15)23-16(13-9-5-3-6-10-13)17(26-19)18(25)20-14-11-7-4-8-12-14/h3-12,16-17,23H,2H2,1H3,(H,20,25)/t16-,17-/m1/s1. The van der Waals surface area contributed by atoms with Crippen molar-refractivity contribution in [3.63, 3.8) is 0 Å². The minimum absolute atomic E-state index is 0.0603. The lowest BCUT2D eigenvalue weighted by atomic mass is 10.0. The van der Waals surface area contributed by atoms with Gasteiger partial charge in [-0.25, -0.2) is 4.68 Å². The maximum absolute atomic E-state index is 13.0. The van der Waals surface area contributed by atoms with Crippen LogP contribution in [0, 0.1) is 0 Å². The van der Waals surface area contributed by atoms with Crippen LogP contribution in [0.3, 0.4) is 0 Å². The molecule has 26 heavy (non-hydrogen) atoms. The summed E-state index contributed by atoms with van der Waals surface area (Å²) in [5.74, 6) is 0.796. The van der Waals surface area contributed by atoms with Crippen LogP contribution in [-0.2, 0) is 11.2 Å². The van der Waals surface area contributed by atoms with E-state index >= 15 is 0 Å². The van der Waals surface area contributed by atoms with E-state index in [0.717, 1.165) is 23.5 Å². The van der Waals surface area contributed by atoms with Crippen molar-refractivity contribution in [3.8, 4) is 0 Å². The number of hydrogen-bond acceptors (Lipinski definition) is 5. The van der Waals surface area contributed by atoms with Crippen LogP contribution < -0.4 is 10.7 Å². The molecule has 2 aromatic carbocycles. The Labute approximate surface area is 156 Å². The number of rotatable bonds is 4. The SMILES string of the molecule is CCc1nnc2n1N[C@H](c1ccccc1)[C@H](C(=O)Nc1ccccc1)S2. The van der Waals surface area contributed by atoms with Gasteiger partial charge in [-0.1, -0.05) is 67.2 Å². The highest BCUT2D eigenvalue weighted by Gasteiger charge is 2.37. The van der Waals surface area contributed by atoms with E-state index in [1.54, 1.807) is 0 Å². The number of benzene rings is 2. The molecular formula is C19H19N5OS. The molecule has 0 spiro atoms. The molecular weight excluding hydrogens is 346 g/mol. The van der Waals surface area contributed by atoms with E-state index in [9.17, 15) is 4.79 Å². The van der Waals surface area contributed by atoms with E-state index in [2.05, 4.69) is 20.9 Å². The first-order chi connectivity index (χ1) is 12.8. The number of nitrogens with zero attached hydrogens (tertiary/aromatic N) is 3. The fourth-order valence-corrected chi connectivity index (χ4v) is 4.07. The minimum atomic E-state index is -0.362. The number of aromatic nitrogens is 3. The molecule has 2 atom stereocenters. The summed E-state index contributed by atoms with van der Waals surface area (Å²) in [4.78, 5) is 13.0. The van der Waals surface area contributed by atoms with Crippen molar-refractivity contribution in [1.29, 1.82) is 0 Å². The molecule has 0 bridgehead atoms. The molecule has 0 aliphatic carbocycles. The highest BCUT2D eigenvalue weighted by atomic mass is 32.2. The van der Waals surface area contributed by atoms with Crippen molar-refractivity contribution in [3.05, 3.63) is 72.1 Å². The molecule has 2 N–H and O–H groups in total. The molecule has 0 saturated heterocycles. The van der Waals surface area contributed by atoms with Gasteiger partial charge < -0.3 is 10.7 Å². The number of nitrogens with one attached hydrogen (secondary N) is 2. The van der Waals surface area contributed by atoms with Crippen LogP contribution in [0.4, 0.5) is 5.69 Å². The van der Waals surface area contributed by atoms with Crippen LogP contribution in [0.2, 0.25) is 0 Å². The lowest BCUT2D eigenvalue weighted by Gasteiger charge is -2.32. The molecule has 0 radical (unpaired) electrons. The quantitative estimate of drug-likeness (QED) is 0.743. The number of fused-ring (bicyclic) bond motifs is 1. The van der Waals surface area contributed by atoms with Gasteiger partial charge in [0.2, 0.25) is 11.1 Å². The Bertz CT molecular complexity index is 897. The van der Waals surface area contributed by atoms with Crippen molar-refractivity contribution in [2.75, 3.05) is 10.7 Å². The summed E-state index contributed by atoms with van der Waals surface area (Å²) in [5, 5.41) is 11.8. The summed E-state index contributed by atoms with van der Waals surface area (Å²) >= 11 is 1.44. The van der Waals surface area contributed by atoms with Crippen LogP contribution in [0.5, 0.6) is 0 Å². The van der Waals surface area contributed by atoms with Gasteiger partial charge in [0.05, 0.1) is 6.04 Å². The third kappa shape index (κ3) is 3.17. The van der Waals surface area contributed by atoms with Crippen LogP contribution in [0.15, 0.2) is 65.8 Å². The van der Waals surface area contributed by atoms with E-state index in [0.29, 0.717) is 5.16 Å². The van der Waals surface area contributed by atoms with Crippen LogP contribution in [-0.4, -0.2) is 26.0 Å². The van der Waals surface area contributed by atoms with Crippen LogP contribution in [0.25, 0.3) is 0 Å². The summed E-state index contributed by atoms with van der Waals surface area (Å²) < 4.78 is 1.90. The Kier molecular flexibility index (Phi) is 4.62. The Balaban J connectivity index is 1.67. The van der Waals surface area contributed by atoms with E-state index in [4.69, 9.17) is 0 Å². The normalized spacial score (nSPS) is 18.7. The van der Waals surface area contributed by atoms with Gasteiger partial charge in [-0.05, 0) is 17.7 Å². The van der Waals surface area contributed by atoms with Crippen molar-refractivity contribution >= 4 is 23.4 Å². The third-order valence-corrected chi connectivity index (χ3v) is 5.49. The van der Waals surface area contributed by atoms with Crippen LogP contribution in [0.1, 0.15) is 24.4 Å². The Hall–Kier alpha value is -2.80. The molecule has 132 valence electrons. The topological polar surface area (TPSA) is 71.8 Å². The van der Waals surface area contributed by atoms with E-state index in [1.165, 1.54) is 11.8 Å². The maximum atomic E-state index is 13.0. The first-order valence-electron chi connectivity index (χ1n) is 8.54. The summed E-state index contributed by atoms with van der Waals surface area (Å²) in [5.41, 5.74) is 5.27. The number of para-hydroxylation sites is 1. The van der Waals surface area contributed by atoms with E-state index in [1.807, 2.05) is 72.3 Å². The largest absolute Gasteiger partial charge is 0.325 e. The molecule has 3 aromatic rings. The lowest BCUT2D eigenvalue weighted by Crippen LogP contribution is -2.41. The fraction of sp³-hybridized carbons (Fsp3) is 0.211. The molecule has 6 nitrogen and oxygen atoms in total. The first-order valence-corrected chi connectivity index (χ1v) is 9.42. The van der Waals surface area contributed by atoms with Crippen molar-refractivity contribution in [2.24, 2.45) is 0 Å². The molecule has 0 fully saturated rings. The summed E-state index contributed by atoms with van der Waals surface area (Å²) in [6, 6.07) is 19.3. The molecule has 2 heterocycles. The number of thioether (sulfide) groups is 1. The third-order valence-electron chi connectivity index (χ3n) is 4.28. The molecule has 0 saturated carbocycles. The fourth-order valence-electron chi connectivity index (χ4n) is 2.97. The number of aryl methyl sites for hydroxylation is 1. The van der Waals surface area contributed by atoms with Crippen LogP contribution >= 0.6 is 11.8 Å². The number of carbonyl (C=O) groups is 1. The second-order valence-electron chi connectivity index (χ2n) is 6.00. The average Bonchev–Trinajstić information content (AvgIpc) is 3.10. The number of carbonyl (C=O) groups excluding carboxylic acids is 1. The second-order valence-corrected chi connectivity index (χ2v) is 7.11. The lowest BCUT2D eigenvalue weighted by molar-refractivity contribution is -0.116. The molecule has 1 amide bonds. The van der Waals surface area contributed by atoms with Gasteiger partial charge in [0.25, 0.3) is 0 Å². The van der Waals surface area contributed by atoms with E-state index < -0.39 is 0 Å². The predicted molar refractivity (Wildman–Crippen MR) is 103 cm³/mol. The van der Waals surface area contributed by atoms with Gasteiger partial charge in [0.15, 0.2) is 5.82 Å². The summed E-state index contributed by atoms with van der Waals surface area (Å²) in [6.45, 7) is 2.04. The molecule has 1 aliphatic heterocycles. The van der Waals surface area contributed by atoms with Gasteiger partial charge in [0.1, 0.15) is 5.25 Å². The first kappa shape index (κ1) is 16.7. The zero-order chi connectivity index (χ0) is 17.9. The highest BCUT2D eigenvalue weighted by molar-refractivity contribution is 8.00. The summed E-state index contributed by atoms with van der Waals surface area (Å²) in [6.07, 6.45) is 0.767. The maximum Gasteiger partial charge on any atom is 0.240 e. The highest BCUT2D eigenvalue weighted by Crippen LogP contribution is 2.37. The second kappa shape index (κ2) is 7.21. The molecule has 7 heteroatoms. The van der Waals surface area contributed by atoms with Crippen molar-refractivity contribution in [1.82, 2.24) is 14.9 Å². The predicted octanol–water partition coefficient (Wildman–Crippen LogP) is 3.24. The zero-order valence-electron chi connectivity index (χ0n) is 14.3. The van der Waals surface area contributed by atoms with Crippen molar-refractivity contribution in [2.45, 2.75) is 29.8 Å². The minimum Gasteiger partial charge on any atom is -0.325 e. The summed E-state index contributed by atoms with van der Waals surface area (Å²) in [7, 11) is 0. The molecule has 1 aliphatic rings. The number of amides is 1. The zero-order valence-corrected chi connectivity index (χ0v) is 15.1. The Morgan fingerprint density at radius 2 is 1.81 bits per heavy atom. The molecule has 0 unspecified atom stereocenters. The smallest absolute Gasteiger partial charge is 0.240 e.